The molecule has 1 aliphatic rings. The Kier molecular flexibility index (Phi) is 7.54. The van der Waals surface area contributed by atoms with E-state index in [1.54, 1.807) is 24.3 Å². The summed E-state index contributed by atoms with van der Waals surface area (Å²) in [5.74, 6) is -1.25. The second kappa shape index (κ2) is 10.5. The first kappa shape index (κ1) is 27.2. The molecule has 200 valence electrons. The second-order valence-electron chi connectivity index (χ2n) is 9.01. The summed E-state index contributed by atoms with van der Waals surface area (Å²) < 4.78 is 47.7. The first-order valence-electron chi connectivity index (χ1n) is 11.7. The van der Waals surface area contributed by atoms with E-state index in [1.165, 1.54) is 45.3 Å². The van der Waals surface area contributed by atoms with E-state index in [1.807, 2.05) is 0 Å². The molecule has 38 heavy (non-hydrogen) atoms. The van der Waals surface area contributed by atoms with Crippen LogP contribution < -0.4 is 10.9 Å². The molecule has 0 saturated heterocycles. The van der Waals surface area contributed by atoms with E-state index >= 15 is 0 Å². The maximum Gasteiger partial charge on any atom is 0.417 e. The molecule has 0 aliphatic carbocycles. The molecule has 1 aliphatic heterocycles. The number of aliphatic hydroxyl groups excluding tert-OH is 1. The maximum atomic E-state index is 13.7. The number of alkyl halides is 3. The molecule has 0 spiro atoms. The molecule has 1 aromatic heterocycles. The van der Waals surface area contributed by atoms with Gasteiger partial charge in [-0.05, 0) is 36.6 Å². The number of aliphatic hydroxyl groups is 1. The van der Waals surface area contributed by atoms with Gasteiger partial charge in [0.1, 0.15) is 18.4 Å². The third-order valence-electron chi connectivity index (χ3n) is 6.57. The third-order valence-corrected chi connectivity index (χ3v) is 6.57. The van der Waals surface area contributed by atoms with Crippen LogP contribution in [0.25, 0.3) is 11.1 Å². The highest BCUT2D eigenvalue weighted by molar-refractivity contribution is 6.00. The van der Waals surface area contributed by atoms with Gasteiger partial charge in [-0.25, -0.2) is 0 Å². The van der Waals surface area contributed by atoms with E-state index in [-0.39, 0.29) is 23.4 Å². The van der Waals surface area contributed by atoms with Crippen molar-refractivity contribution in [3.63, 3.8) is 0 Å². The van der Waals surface area contributed by atoms with Gasteiger partial charge in [-0.15, -0.1) is 0 Å². The van der Waals surface area contributed by atoms with Crippen molar-refractivity contribution >= 4 is 17.4 Å². The standard InChI is InChI=1S/C27H26F3N3O5/c1-14-12-18(27(28,29)30)21(25(35)33(14)2)16-10-8-15(9-11-16)13-20(26(36)37)32-24(34)22-23(38-3)17-6-4-5-7-19(17)31-22/h4-12,20,23-24,32,34H,13H2,1-3H3,(H,36,37). The molecule has 4 rings (SSSR count). The maximum absolute atomic E-state index is 13.7. The van der Waals surface area contributed by atoms with E-state index in [0.29, 0.717) is 11.3 Å². The lowest BCUT2D eigenvalue weighted by Gasteiger charge is -2.22. The number of ether oxygens (including phenoxy) is 1. The number of nitrogens with zero attached hydrogens (tertiary/aromatic N) is 2. The molecule has 3 unspecified atom stereocenters. The van der Waals surface area contributed by atoms with Crippen molar-refractivity contribution in [2.24, 2.45) is 12.0 Å². The Hall–Kier alpha value is -3.80. The summed E-state index contributed by atoms with van der Waals surface area (Å²) in [4.78, 5) is 29.1. The molecule has 3 atom stereocenters. The molecule has 11 heteroatoms. The minimum atomic E-state index is -4.73. The van der Waals surface area contributed by atoms with Gasteiger partial charge in [0, 0.05) is 25.4 Å². The van der Waals surface area contributed by atoms with E-state index in [0.717, 1.165) is 16.2 Å². The van der Waals surface area contributed by atoms with E-state index < -0.39 is 47.2 Å². The van der Waals surface area contributed by atoms with Crippen molar-refractivity contribution in [2.45, 2.75) is 37.9 Å². The molecule has 3 aromatic rings. The number of methoxy groups -OCH3 is 1. The van der Waals surface area contributed by atoms with Gasteiger partial charge in [0.25, 0.3) is 5.56 Å². The molecule has 3 N–H and O–H groups in total. The number of aromatic nitrogens is 1. The van der Waals surface area contributed by atoms with E-state index in [4.69, 9.17) is 4.74 Å². The van der Waals surface area contributed by atoms with Gasteiger partial charge in [-0.3, -0.25) is 19.9 Å². The van der Waals surface area contributed by atoms with Gasteiger partial charge < -0.3 is 19.5 Å². The lowest BCUT2D eigenvalue weighted by molar-refractivity contribution is -0.140. The number of rotatable bonds is 8. The normalized spacial score (nSPS) is 16.6. The number of carboxylic acid groups (broad SMARTS) is 1. The van der Waals surface area contributed by atoms with Crippen LogP contribution in [0.3, 0.4) is 0 Å². The van der Waals surface area contributed by atoms with Crippen LogP contribution in [-0.4, -0.2) is 45.8 Å². The summed E-state index contributed by atoms with van der Waals surface area (Å²) in [5.41, 5.74) is -0.0421. The molecule has 8 nitrogen and oxygen atoms in total. The summed E-state index contributed by atoms with van der Waals surface area (Å²) in [7, 11) is 2.85. The lowest BCUT2D eigenvalue weighted by atomic mass is 9.97. The number of carbonyl (C=O) groups is 1. The number of aliphatic carboxylic acids is 1. The van der Waals surface area contributed by atoms with Gasteiger partial charge >= 0.3 is 12.1 Å². The number of hydrogen-bond donors (Lipinski definition) is 3. The van der Waals surface area contributed by atoms with Crippen molar-refractivity contribution < 1.29 is 32.9 Å². The number of aryl methyl sites for hydroxylation is 1. The lowest BCUT2D eigenvalue weighted by Crippen LogP contribution is -2.49. The molecule has 0 radical (unpaired) electrons. The minimum Gasteiger partial charge on any atom is -0.480 e. The zero-order valence-electron chi connectivity index (χ0n) is 20.8. The monoisotopic (exact) mass is 529 g/mol. The van der Waals surface area contributed by atoms with Gasteiger partial charge in [0.2, 0.25) is 0 Å². The number of benzene rings is 2. The summed E-state index contributed by atoms with van der Waals surface area (Å²) >= 11 is 0. The molecular formula is C27H26F3N3O5. The number of aliphatic imine (C=N–C) groups is 1. The van der Waals surface area contributed by atoms with Crippen molar-refractivity contribution in [3.8, 4) is 11.1 Å². The fraction of sp³-hybridized carbons (Fsp3) is 0.296. The first-order valence-corrected chi connectivity index (χ1v) is 11.7. The van der Waals surface area contributed by atoms with Crippen LogP contribution in [0.5, 0.6) is 0 Å². The van der Waals surface area contributed by atoms with Gasteiger partial charge in [0.15, 0.2) is 0 Å². The van der Waals surface area contributed by atoms with Gasteiger partial charge in [0.05, 0.1) is 22.5 Å². The Balaban J connectivity index is 1.56. The van der Waals surface area contributed by atoms with Crippen molar-refractivity contribution in [1.29, 1.82) is 0 Å². The van der Waals surface area contributed by atoms with Crippen LogP contribution in [0.15, 0.2) is 64.4 Å². The van der Waals surface area contributed by atoms with Crippen LogP contribution in [-0.2, 0) is 29.2 Å². The fourth-order valence-electron chi connectivity index (χ4n) is 4.48. The molecule has 2 aromatic carbocycles. The largest absolute Gasteiger partial charge is 0.480 e. The van der Waals surface area contributed by atoms with Crippen molar-refractivity contribution in [2.75, 3.05) is 7.11 Å². The quantitative estimate of drug-likeness (QED) is 0.383. The second-order valence-corrected chi connectivity index (χ2v) is 9.01. The average Bonchev–Trinajstić information content (AvgIpc) is 3.25. The van der Waals surface area contributed by atoms with Crippen LogP contribution in [0.4, 0.5) is 18.9 Å². The van der Waals surface area contributed by atoms with Crippen molar-refractivity contribution in [3.05, 3.63) is 87.3 Å². The van der Waals surface area contributed by atoms with E-state index in [9.17, 15) is 33.0 Å². The fourth-order valence-corrected chi connectivity index (χ4v) is 4.48. The number of fused-ring (bicyclic) bond motifs is 1. The van der Waals surface area contributed by atoms with Crippen molar-refractivity contribution in [1.82, 2.24) is 9.88 Å². The molecule has 0 amide bonds. The summed E-state index contributed by atoms with van der Waals surface area (Å²) in [5, 5.41) is 23.2. The molecule has 0 saturated carbocycles. The predicted molar refractivity (Wildman–Crippen MR) is 134 cm³/mol. The Labute approximate surface area is 216 Å². The van der Waals surface area contributed by atoms with E-state index in [2.05, 4.69) is 10.3 Å². The number of hydrogen-bond acceptors (Lipinski definition) is 6. The molecular weight excluding hydrogens is 503 g/mol. The summed E-state index contributed by atoms with van der Waals surface area (Å²) in [6, 6.07) is 12.4. The summed E-state index contributed by atoms with van der Waals surface area (Å²) in [6.07, 6.45) is -6.91. The molecule has 0 fully saturated rings. The zero-order valence-corrected chi connectivity index (χ0v) is 20.8. The highest BCUT2D eigenvalue weighted by Crippen LogP contribution is 2.37. The van der Waals surface area contributed by atoms with Crippen LogP contribution in [0.1, 0.15) is 28.5 Å². The molecule has 2 heterocycles. The topological polar surface area (TPSA) is 113 Å². The SMILES string of the molecule is COC1C(C(O)NC(Cc2ccc(-c3c(C(F)(F)F)cc(C)n(C)c3=O)cc2)C(=O)O)=Nc2ccccc21. The predicted octanol–water partition coefficient (Wildman–Crippen LogP) is 3.76. The summed E-state index contributed by atoms with van der Waals surface area (Å²) in [6.45, 7) is 1.42. The van der Waals surface area contributed by atoms with Gasteiger partial charge in [-0.1, -0.05) is 42.5 Å². The number of para-hydroxylation sites is 1. The molecule has 0 bridgehead atoms. The third kappa shape index (κ3) is 5.26. The highest BCUT2D eigenvalue weighted by Gasteiger charge is 2.36. The Morgan fingerprint density at radius 3 is 2.45 bits per heavy atom. The Morgan fingerprint density at radius 1 is 1.18 bits per heavy atom. The van der Waals surface area contributed by atoms with Crippen LogP contribution in [0.2, 0.25) is 0 Å². The number of carboxylic acids is 1. The Morgan fingerprint density at radius 2 is 1.84 bits per heavy atom. The Bertz CT molecular complexity index is 1450. The zero-order chi connectivity index (χ0) is 27.8. The number of pyridine rings is 1. The van der Waals surface area contributed by atoms with Gasteiger partial charge in [-0.2, -0.15) is 13.2 Å². The number of nitrogens with one attached hydrogen (secondary N) is 1. The number of halogens is 3. The smallest absolute Gasteiger partial charge is 0.417 e. The van der Waals surface area contributed by atoms with Crippen LogP contribution >= 0.6 is 0 Å². The minimum absolute atomic E-state index is 0.0579. The average molecular weight is 530 g/mol. The van der Waals surface area contributed by atoms with Crippen LogP contribution in [0, 0.1) is 6.92 Å². The highest BCUT2D eigenvalue weighted by atomic mass is 19.4. The first-order chi connectivity index (χ1) is 17.9.